The third kappa shape index (κ3) is 4.54. The fourth-order valence-electron chi connectivity index (χ4n) is 2.41. The number of carbonyl (C=O) groups is 4. The van der Waals surface area contributed by atoms with Gasteiger partial charge in [-0.25, -0.2) is 0 Å². The molecule has 1 aliphatic rings. The van der Waals surface area contributed by atoms with E-state index in [9.17, 15) is 19.2 Å². The maximum absolute atomic E-state index is 11.9. The minimum absolute atomic E-state index is 0.0883. The molecule has 0 spiro atoms. The standard InChI is InChI=1S/C15H22O5/c1-3-5-11(16)15-12(17)7-10(8-13(15)18)9-20-14(19)6-4-2/h10,15H,3-9H2,1-2H3. The van der Waals surface area contributed by atoms with Crippen LogP contribution in [0.2, 0.25) is 0 Å². The number of hydrogen-bond donors (Lipinski definition) is 0. The molecule has 0 amide bonds. The molecule has 20 heavy (non-hydrogen) atoms. The van der Waals surface area contributed by atoms with Gasteiger partial charge in [-0.3, -0.25) is 19.2 Å². The first-order chi connectivity index (χ1) is 9.49. The Hall–Kier alpha value is -1.52. The lowest BCUT2D eigenvalue weighted by Crippen LogP contribution is -2.40. The molecule has 0 aromatic heterocycles. The number of ether oxygens (including phenoxy) is 1. The topological polar surface area (TPSA) is 77.5 Å². The molecule has 0 aromatic carbocycles. The molecule has 0 radical (unpaired) electrons. The van der Waals surface area contributed by atoms with Crippen molar-refractivity contribution < 1.29 is 23.9 Å². The number of hydrogen-bond acceptors (Lipinski definition) is 5. The van der Waals surface area contributed by atoms with Crippen LogP contribution in [0.15, 0.2) is 0 Å². The lowest BCUT2D eigenvalue weighted by Gasteiger charge is -2.25. The first kappa shape index (κ1) is 16.5. The lowest BCUT2D eigenvalue weighted by atomic mass is 9.77. The molecule has 1 rings (SSSR count). The number of esters is 1. The maximum atomic E-state index is 11.9. The van der Waals surface area contributed by atoms with Gasteiger partial charge in [-0.05, 0) is 12.8 Å². The second kappa shape index (κ2) is 7.92. The van der Waals surface area contributed by atoms with Gasteiger partial charge in [-0.2, -0.15) is 0 Å². The lowest BCUT2D eigenvalue weighted by molar-refractivity contribution is -0.150. The van der Waals surface area contributed by atoms with Gasteiger partial charge >= 0.3 is 5.97 Å². The van der Waals surface area contributed by atoms with Gasteiger partial charge in [0.05, 0.1) is 6.61 Å². The zero-order valence-corrected chi connectivity index (χ0v) is 12.1. The van der Waals surface area contributed by atoms with Crippen LogP contribution in [0.5, 0.6) is 0 Å². The van der Waals surface area contributed by atoms with Crippen molar-refractivity contribution >= 4 is 23.3 Å². The van der Waals surface area contributed by atoms with Crippen LogP contribution < -0.4 is 0 Å². The second-order valence-electron chi connectivity index (χ2n) is 5.29. The number of ketones is 3. The van der Waals surface area contributed by atoms with Crippen molar-refractivity contribution in [2.24, 2.45) is 11.8 Å². The summed E-state index contributed by atoms with van der Waals surface area (Å²) in [4.78, 5) is 46.8. The van der Waals surface area contributed by atoms with Crippen LogP contribution in [0.4, 0.5) is 0 Å². The quantitative estimate of drug-likeness (QED) is 0.526. The smallest absolute Gasteiger partial charge is 0.305 e. The molecule has 0 aliphatic heterocycles. The van der Waals surface area contributed by atoms with Crippen LogP contribution in [0.25, 0.3) is 0 Å². The van der Waals surface area contributed by atoms with E-state index in [4.69, 9.17) is 4.74 Å². The van der Waals surface area contributed by atoms with Gasteiger partial charge in [0, 0.05) is 31.6 Å². The predicted molar refractivity (Wildman–Crippen MR) is 72.0 cm³/mol. The number of rotatable bonds is 7. The Morgan fingerprint density at radius 3 is 2.10 bits per heavy atom. The van der Waals surface area contributed by atoms with E-state index in [0.717, 1.165) is 0 Å². The molecule has 0 bridgehead atoms. The van der Waals surface area contributed by atoms with Gasteiger partial charge in [-0.1, -0.05) is 13.8 Å². The summed E-state index contributed by atoms with van der Waals surface area (Å²) >= 11 is 0. The summed E-state index contributed by atoms with van der Waals surface area (Å²) in [6.07, 6.45) is 2.23. The summed E-state index contributed by atoms with van der Waals surface area (Å²) in [5.74, 6) is -2.58. The molecular formula is C15H22O5. The van der Waals surface area contributed by atoms with E-state index in [1.807, 2.05) is 13.8 Å². The molecule has 5 heteroatoms. The van der Waals surface area contributed by atoms with Gasteiger partial charge in [0.1, 0.15) is 5.92 Å². The van der Waals surface area contributed by atoms with Crippen LogP contribution in [0, 0.1) is 11.8 Å². The van der Waals surface area contributed by atoms with E-state index in [2.05, 4.69) is 0 Å². The number of Topliss-reactive ketones (excluding diaryl/α,β-unsaturated/α-hetero) is 3. The minimum Gasteiger partial charge on any atom is -0.465 e. The fourth-order valence-corrected chi connectivity index (χ4v) is 2.41. The average Bonchev–Trinajstić information content (AvgIpc) is 2.36. The highest BCUT2D eigenvalue weighted by Gasteiger charge is 2.39. The first-order valence-corrected chi connectivity index (χ1v) is 7.23. The van der Waals surface area contributed by atoms with Crippen molar-refractivity contribution in [1.29, 1.82) is 0 Å². The first-order valence-electron chi connectivity index (χ1n) is 7.23. The third-order valence-corrected chi connectivity index (χ3v) is 3.38. The summed E-state index contributed by atoms with van der Waals surface area (Å²) < 4.78 is 5.03. The summed E-state index contributed by atoms with van der Waals surface area (Å²) in [5, 5.41) is 0. The largest absolute Gasteiger partial charge is 0.465 e. The molecule has 1 saturated carbocycles. The van der Waals surface area contributed by atoms with Gasteiger partial charge in [0.2, 0.25) is 0 Å². The Bertz CT molecular complexity index is 381. The van der Waals surface area contributed by atoms with Gasteiger partial charge < -0.3 is 4.74 Å². The molecule has 1 fully saturated rings. The van der Waals surface area contributed by atoms with Crippen molar-refractivity contribution in [3.63, 3.8) is 0 Å². The van der Waals surface area contributed by atoms with Crippen molar-refractivity contribution in [2.45, 2.75) is 52.4 Å². The molecule has 0 unspecified atom stereocenters. The average molecular weight is 282 g/mol. The van der Waals surface area contributed by atoms with E-state index < -0.39 is 5.92 Å². The van der Waals surface area contributed by atoms with Crippen molar-refractivity contribution in [3.05, 3.63) is 0 Å². The SMILES string of the molecule is CCCC(=O)OCC1CC(=O)C(C(=O)CCC)C(=O)C1. The van der Waals surface area contributed by atoms with Crippen molar-refractivity contribution in [1.82, 2.24) is 0 Å². The Morgan fingerprint density at radius 2 is 1.60 bits per heavy atom. The summed E-state index contributed by atoms with van der Waals surface area (Å²) in [6.45, 7) is 3.80. The zero-order valence-electron chi connectivity index (χ0n) is 12.1. The fraction of sp³-hybridized carbons (Fsp3) is 0.733. The van der Waals surface area contributed by atoms with E-state index in [-0.39, 0.29) is 55.1 Å². The maximum Gasteiger partial charge on any atom is 0.305 e. The normalized spacial score (nSPS) is 22.7. The van der Waals surface area contributed by atoms with Crippen molar-refractivity contribution in [3.8, 4) is 0 Å². The highest BCUT2D eigenvalue weighted by molar-refractivity contribution is 6.20. The Balaban J connectivity index is 2.51. The highest BCUT2D eigenvalue weighted by atomic mass is 16.5. The molecule has 0 aromatic rings. The number of carbonyl (C=O) groups excluding carboxylic acids is 4. The van der Waals surface area contributed by atoms with Crippen LogP contribution in [-0.2, 0) is 23.9 Å². The highest BCUT2D eigenvalue weighted by Crippen LogP contribution is 2.25. The minimum atomic E-state index is -1.07. The molecule has 5 nitrogen and oxygen atoms in total. The molecule has 0 atom stereocenters. The zero-order chi connectivity index (χ0) is 15.1. The van der Waals surface area contributed by atoms with E-state index in [1.54, 1.807) is 0 Å². The molecular weight excluding hydrogens is 260 g/mol. The van der Waals surface area contributed by atoms with Crippen molar-refractivity contribution in [2.75, 3.05) is 6.61 Å². The van der Waals surface area contributed by atoms with Crippen LogP contribution in [-0.4, -0.2) is 29.9 Å². The third-order valence-electron chi connectivity index (χ3n) is 3.38. The monoisotopic (exact) mass is 282 g/mol. The van der Waals surface area contributed by atoms with Crippen LogP contribution in [0.3, 0.4) is 0 Å². The summed E-state index contributed by atoms with van der Waals surface area (Å²) in [5.41, 5.74) is 0. The van der Waals surface area contributed by atoms with E-state index in [0.29, 0.717) is 19.3 Å². The van der Waals surface area contributed by atoms with Gasteiger partial charge in [-0.15, -0.1) is 0 Å². The van der Waals surface area contributed by atoms with Crippen LogP contribution in [0.1, 0.15) is 52.4 Å². The Kier molecular flexibility index (Phi) is 6.55. The second-order valence-corrected chi connectivity index (χ2v) is 5.29. The molecule has 0 N–H and O–H groups in total. The van der Waals surface area contributed by atoms with Crippen LogP contribution >= 0.6 is 0 Å². The molecule has 1 aliphatic carbocycles. The van der Waals surface area contributed by atoms with Gasteiger partial charge in [0.25, 0.3) is 0 Å². The molecule has 0 heterocycles. The Labute approximate surface area is 119 Å². The van der Waals surface area contributed by atoms with E-state index in [1.165, 1.54) is 0 Å². The van der Waals surface area contributed by atoms with E-state index >= 15 is 0 Å². The summed E-state index contributed by atoms with van der Waals surface area (Å²) in [7, 11) is 0. The predicted octanol–water partition coefficient (Wildman–Crippen LogP) is 1.86. The molecule has 112 valence electrons. The Morgan fingerprint density at radius 1 is 1.05 bits per heavy atom. The van der Waals surface area contributed by atoms with Gasteiger partial charge in [0.15, 0.2) is 17.3 Å². The summed E-state index contributed by atoms with van der Waals surface area (Å²) in [6, 6.07) is 0. The molecule has 0 saturated heterocycles.